The third kappa shape index (κ3) is 8.22. The summed E-state index contributed by atoms with van der Waals surface area (Å²) in [5.41, 5.74) is 5.40. The minimum absolute atomic E-state index is 0.817. The van der Waals surface area contributed by atoms with Crippen molar-refractivity contribution >= 4 is 0 Å². The lowest BCUT2D eigenvalue weighted by molar-refractivity contribution is 0.302. The summed E-state index contributed by atoms with van der Waals surface area (Å²) in [5.74, 6) is 0. The van der Waals surface area contributed by atoms with Gasteiger partial charge in [0.2, 0.25) is 0 Å². The molecule has 0 spiro atoms. The van der Waals surface area contributed by atoms with E-state index in [1.54, 1.807) is 0 Å². The fourth-order valence-electron chi connectivity index (χ4n) is 1.30. The highest BCUT2D eigenvalue weighted by atomic mass is 15.1. The predicted octanol–water partition coefficient (Wildman–Crippen LogP) is 0.657. The van der Waals surface area contributed by atoms with Gasteiger partial charge in [-0.1, -0.05) is 13.8 Å². The van der Waals surface area contributed by atoms with Crippen molar-refractivity contribution < 1.29 is 0 Å². The summed E-state index contributed by atoms with van der Waals surface area (Å²) in [6, 6.07) is 0. The quantitative estimate of drug-likeness (QED) is 0.521. The molecule has 0 radical (unpaired) electrons. The zero-order valence-corrected chi connectivity index (χ0v) is 9.18. The third-order valence-electron chi connectivity index (χ3n) is 2.31. The van der Waals surface area contributed by atoms with Gasteiger partial charge in [-0.3, -0.25) is 0 Å². The molecule has 3 N–H and O–H groups in total. The average Bonchev–Trinajstić information content (AvgIpc) is 2.17. The summed E-state index contributed by atoms with van der Waals surface area (Å²) in [6.45, 7) is 10.9. The number of hydrogen-bond acceptors (Lipinski definition) is 3. The van der Waals surface area contributed by atoms with Crippen molar-refractivity contribution in [3.8, 4) is 0 Å². The Balaban J connectivity index is 3.05. The van der Waals surface area contributed by atoms with E-state index < -0.39 is 0 Å². The predicted molar refractivity (Wildman–Crippen MR) is 58.9 cm³/mol. The first-order chi connectivity index (χ1) is 6.35. The van der Waals surface area contributed by atoms with Gasteiger partial charge < -0.3 is 16.0 Å². The van der Waals surface area contributed by atoms with E-state index in [0.29, 0.717) is 0 Å². The number of nitrogens with one attached hydrogen (secondary N) is 1. The lowest BCUT2D eigenvalue weighted by Crippen LogP contribution is -2.32. The molecule has 0 aromatic heterocycles. The molecule has 0 bridgehead atoms. The molecule has 13 heavy (non-hydrogen) atoms. The number of hydrogen-bond donors (Lipinski definition) is 2. The van der Waals surface area contributed by atoms with Crippen LogP contribution >= 0.6 is 0 Å². The number of nitrogens with zero attached hydrogens (tertiary/aromatic N) is 1. The summed E-state index contributed by atoms with van der Waals surface area (Å²) in [4.78, 5) is 2.43. The van der Waals surface area contributed by atoms with Gasteiger partial charge in [0.25, 0.3) is 0 Å². The minimum Gasteiger partial charge on any atom is -0.330 e. The van der Waals surface area contributed by atoms with Crippen LogP contribution in [0.3, 0.4) is 0 Å². The van der Waals surface area contributed by atoms with Gasteiger partial charge in [-0.15, -0.1) is 0 Å². The Labute approximate surface area is 82.7 Å². The van der Waals surface area contributed by atoms with Crippen molar-refractivity contribution in [3.05, 3.63) is 0 Å². The van der Waals surface area contributed by atoms with E-state index >= 15 is 0 Å². The van der Waals surface area contributed by atoms with Crippen LogP contribution in [0.5, 0.6) is 0 Å². The molecule has 0 amide bonds. The average molecular weight is 187 g/mol. The van der Waals surface area contributed by atoms with Crippen LogP contribution in [0.1, 0.15) is 26.7 Å². The Morgan fingerprint density at radius 3 is 2.31 bits per heavy atom. The Hall–Kier alpha value is -0.120. The molecule has 0 aliphatic rings. The minimum atomic E-state index is 0.817. The molecule has 3 heteroatoms. The molecule has 0 atom stereocenters. The Morgan fingerprint density at radius 2 is 1.77 bits per heavy atom. The lowest BCUT2D eigenvalue weighted by atomic mass is 10.3. The van der Waals surface area contributed by atoms with Gasteiger partial charge in [0.05, 0.1) is 0 Å². The van der Waals surface area contributed by atoms with Gasteiger partial charge in [-0.05, 0) is 39.0 Å². The molecular formula is C10H25N3. The summed E-state index contributed by atoms with van der Waals surface area (Å²) in [5, 5.41) is 3.42. The van der Waals surface area contributed by atoms with Crippen LogP contribution in [0.2, 0.25) is 0 Å². The first kappa shape index (κ1) is 12.9. The first-order valence-corrected chi connectivity index (χ1v) is 5.48. The fourth-order valence-corrected chi connectivity index (χ4v) is 1.30. The van der Waals surface area contributed by atoms with Gasteiger partial charge in [0.1, 0.15) is 0 Å². The molecule has 3 nitrogen and oxygen atoms in total. The molecule has 0 aliphatic carbocycles. The maximum absolute atomic E-state index is 5.40. The van der Waals surface area contributed by atoms with Gasteiger partial charge in [-0.25, -0.2) is 0 Å². The van der Waals surface area contributed by atoms with E-state index in [-0.39, 0.29) is 0 Å². The van der Waals surface area contributed by atoms with Crippen LogP contribution in [0.15, 0.2) is 0 Å². The SMILES string of the molecule is CCN(CC)CCNCCCCN. The van der Waals surface area contributed by atoms with Crippen LogP contribution in [0.25, 0.3) is 0 Å². The maximum atomic E-state index is 5.40. The monoisotopic (exact) mass is 187 g/mol. The first-order valence-electron chi connectivity index (χ1n) is 5.48. The highest BCUT2D eigenvalue weighted by Gasteiger charge is 1.96. The lowest BCUT2D eigenvalue weighted by Gasteiger charge is -2.17. The Morgan fingerprint density at radius 1 is 1.08 bits per heavy atom. The Bertz CT molecular complexity index is 92.2. The number of likely N-dealkylation sites (N-methyl/N-ethyl adjacent to an activating group) is 1. The molecule has 0 aliphatic heterocycles. The van der Waals surface area contributed by atoms with Gasteiger partial charge >= 0.3 is 0 Å². The molecular weight excluding hydrogens is 162 g/mol. The molecule has 0 aromatic rings. The molecule has 0 saturated carbocycles. The highest BCUT2D eigenvalue weighted by Crippen LogP contribution is 1.85. The second-order valence-corrected chi connectivity index (χ2v) is 3.27. The van der Waals surface area contributed by atoms with Crippen LogP contribution < -0.4 is 11.1 Å². The van der Waals surface area contributed by atoms with E-state index in [1.165, 1.54) is 6.42 Å². The topological polar surface area (TPSA) is 41.3 Å². The second kappa shape index (κ2) is 9.96. The van der Waals surface area contributed by atoms with Crippen molar-refractivity contribution in [1.29, 1.82) is 0 Å². The van der Waals surface area contributed by atoms with E-state index in [1.807, 2.05) is 0 Å². The molecule has 0 fully saturated rings. The molecule has 0 heterocycles. The van der Waals surface area contributed by atoms with E-state index in [4.69, 9.17) is 5.73 Å². The van der Waals surface area contributed by atoms with Crippen LogP contribution in [0, 0.1) is 0 Å². The molecule has 80 valence electrons. The normalized spacial score (nSPS) is 11.1. The molecule has 0 rings (SSSR count). The van der Waals surface area contributed by atoms with Crippen molar-refractivity contribution in [2.75, 3.05) is 39.3 Å². The second-order valence-electron chi connectivity index (χ2n) is 3.27. The number of unbranched alkanes of at least 4 members (excludes halogenated alkanes) is 1. The van der Waals surface area contributed by atoms with E-state index in [0.717, 1.165) is 45.7 Å². The zero-order chi connectivity index (χ0) is 9.94. The van der Waals surface area contributed by atoms with Crippen LogP contribution in [-0.2, 0) is 0 Å². The zero-order valence-electron chi connectivity index (χ0n) is 9.18. The van der Waals surface area contributed by atoms with Gasteiger partial charge in [-0.2, -0.15) is 0 Å². The largest absolute Gasteiger partial charge is 0.330 e. The van der Waals surface area contributed by atoms with Crippen molar-refractivity contribution in [3.63, 3.8) is 0 Å². The van der Waals surface area contributed by atoms with Crippen LogP contribution in [0.4, 0.5) is 0 Å². The standard InChI is InChI=1S/C10H25N3/c1-3-13(4-2)10-9-12-8-6-5-7-11/h12H,3-11H2,1-2H3. The van der Waals surface area contributed by atoms with Crippen molar-refractivity contribution in [1.82, 2.24) is 10.2 Å². The highest BCUT2D eigenvalue weighted by molar-refractivity contribution is 4.55. The maximum Gasteiger partial charge on any atom is 0.0107 e. The molecule has 0 aromatic carbocycles. The van der Waals surface area contributed by atoms with Crippen molar-refractivity contribution in [2.45, 2.75) is 26.7 Å². The number of nitrogens with two attached hydrogens (primary N) is 1. The summed E-state index contributed by atoms with van der Waals surface area (Å²) in [7, 11) is 0. The molecule has 0 saturated heterocycles. The number of rotatable bonds is 9. The third-order valence-corrected chi connectivity index (χ3v) is 2.31. The molecule has 0 unspecified atom stereocenters. The summed E-state index contributed by atoms with van der Waals surface area (Å²) in [6.07, 6.45) is 2.34. The summed E-state index contributed by atoms with van der Waals surface area (Å²) >= 11 is 0. The van der Waals surface area contributed by atoms with Crippen molar-refractivity contribution in [2.24, 2.45) is 5.73 Å². The van der Waals surface area contributed by atoms with Gasteiger partial charge in [0.15, 0.2) is 0 Å². The van der Waals surface area contributed by atoms with Gasteiger partial charge in [0, 0.05) is 13.1 Å². The van der Waals surface area contributed by atoms with E-state index in [2.05, 4.69) is 24.1 Å². The Kier molecular flexibility index (Phi) is 9.87. The van der Waals surface area contributed by atoms with Crippen LogP contribution in [-0.4, -0.2) is 44.2 Å². The smallest absolute Gasteiger partial charge is 0.0107 e. The fraction of sp³-hybridized carbons (Fsp3) is 1.00. The van der Waals surface area contributed by atoms with E-state index in [9.17, 15) is 0 Å². The summed E-state index contributed by atoms with van der Waals surface area (Å²) < 4.78 is 0.